The van der Waals surface area contributed by atoms with Gasteiger partial charge in [-0.3, -0.25) is 0 Å². The zero-order chi connectivity index (χ0) is 19.5. The average molecular weight is 372 g/mol. The first-order valence-corrected chi connectivity index (χ1v) is 8.81. The maximum atomic E-state index is 5.98. The third-order valence-corrected chi connectivity index (χ3v) is 4.32. The van der Waals surface area contributed by atoms with Gasteiger partial charge in [-0.1, -0.05) is 0 Å². The molecule has 0 saturated carbocycles. The molecule has 0 unspecified atom stereocenters. The summed E-state index contributed by atoms with van der Waals surface area (Å²) in [5, 5.41) is 3.10. The monoisotopic (exact) mass is 372 g/mol. The van der Waals surface area contributed by atoms with Crippen LogP contribution in [-0.4, -0.2) is 13.0 Å². The van der Waals surface area contributed by atoms with E-state index in [1.807, 2.05) is 79.8 Å². The normalized spacial score (nSPS) is 10.6. The summed E-state index contributed by atoms with van der Waals surface area (Å²) in [4.78, 5) is 4.01. The Kier molecular flexibility index (Phi) is 4.60. The van der Waals surface area contributed by atoms with Gasteiger partial charge < -0.3 is 25.6 Å². The summed E-state index contributed by atoms with van der Waals surface area (Å²) in [7, 11) is 1.89. The van der Waals surface area contributed by atoms with Crippen molar-refractivity contribution in [3.8, 4) is 34.2 Å². The number of hydrogen-bond acceptors (Lipinski definition) is 4. The van der Waals surface area contributed by atoms with E-state index in [2.05, 4.69) is 10.3 Å². The van der Waals surface area contributed by atoms with Gasteiger partial charge in [0.15, 0.2) is 17.5 Å². The SMILES string of the molecule is CNc1ccc(-c2ccc(-c3ccc(-c4ccc(N=C(N)N)cc4)o3)o2)cc1. The molecule has 4 aromatic rings. The number of nitrogens with two attached hydrogens (primary N) is 2. The van der Waals surface area contributed by atoms with Crippen LogP contribution in [0.1, 0.15) is 0 Å². The highest BCUT2D eigenvalue weighted by Crippen LogP contribution is 2.33. The molecule has 2 aromatic carbocycles. The summed E-state index contributed by atoms with van der Waals surface area (Å²) in [5.74, 6) is 2.90. The van der Waals surface area contributed by atoms with Crippen LogP contribution in [-0.2, 0) is 0 Å². The molecule has 0 amide bonds. The topological polar surface area (TPSA) is 103 Å². The quantitative estimate of drug-likeness (QED) is 0.344. The second kappa shape index (κ2) is 7.36. The number of hydrogen-bond donors (Lipinski definition) is 3. The van der Waals surface area contributed by atoms with Crippen LogP contribution in [0, 0.1) is 0 Å². The number of aliphatic imine (C=N–C) groups is 1. The number of furan rings is 2. The van der Waals surface area contributed by atoms with Crippen molar-refractivity contribution in [3.63, 3.8) is 0 Å². The summed E-state index contributed by atoms with van der Waals surface area (Å²) in [6.45, 7) is 0. The van der Waals surface area contributed by atoms with Gasteiger partial charge in [0.2, 0.25) is 0 Å². The minimum atomic E-state index is 0.0299. The highest BCUT2D eigenvalue weighted by molar-refractivity contribution is 5.79. The number of guanidine groups is 1. The summed E-state index contributed by atoms with van der Waals surface area (Å²) in [6.07, 6.45) is 0. The van der Waals surface area contributed by atoms with Gasteiger partial charge in [0.25, 0.3) is 0 Å². The summed E-state index contributed by atoms with van der Waals surface area (Å²) < 4.78 is 12.0. The Morgan fingerprint density at radius 1 is 0.679 bits per heavy atom. The lowest BCUT2D eigenvalue weighted by Gasteiger charge is -2.01. The number of benzene rings is 2. The van der Waals surface area contributed by atoms with Gasteiger partial charge in [-0.25, -0.2) is 4.99 Å². The summed E-state index contributed by atoms with van der Waals surface area (Å²) in [5.41, 5.74) is 14.5. The van der Waals surface area contributed by atoms with Crippen molar-refractivity contribution in [1.29, 1.82) is 0 Å². The molecule has 0 saturated heterocycles. The molecular formula is C22H20N4O2. The summed E-state index contributed by atoms with van der Waals surface area (Å²) >= 11 is 0. The second-order valence-corrected chi connectivity index (χ2v) is 6.24. The third-order valence-electron chi connectivity index (χ3n) is 4.32. The lowest BCUT2D eigenvalue weighted by atomic mass is 10.1. The van der Waals surface area contributed by atoms with Crippen molar-refractivity contribution in [1.82, 2.24) is 0 Å². The van der Waals surface area contributed by atoms with E-state index in [0.29, 0.717) is 17.2 Å². The van der Waals surface area contributed by atoms with Crippen molar-refractivity contribution in [2.75, 3.05) is 12.4 Å². The molecule has 0 atom stereocenters. The molecule has 2 heterocycles. The zero-order valence-electron chi connectivity index (χ0n) is 15.3. The van der Waals surface area contributed by atoms with E-state index in [1.165, 1.54) is 0 Å². The van der Waals surface area contributed by atoms with Gasteiger partial charge in [-0.2, -0.15) is 0 Å². The van der Waals surface area contributed by atoms with Crippen LogP contribution in [0.2, 0.25) is 0 Å². The highest BCUT2D eigenvalue weighted by Gasteiger charge is 2.12. The van der Waals surface area contributed by atoms with E-state index in [1.54, 1.807) is 0 Å². The van der Waals surface area contributed by atoms with Crippen LogP contribution in [0.5, 0.6) is 0 Å². The molecular weight excluding hydrogens is 352 g/mol. The van der Waals surface area contributed by atoms with Gasteiger partial charge in [0, 0.05) is 23.9 Å². The van der Waals surface area contributed by atoms with Crippen LogP contribution in [0.25, 0.3) is 34.2 Å². The fourth-order valence-electron chi connectivity index (χ4n) is 2.90. The van der Waals surface area contributed by atoms with Crippen LogP contribution >= 0.6 is 0 Å². The lowest BCUT2D eigenvalue weighted by Crippen LogP contribution is -2.21. The van der Waals surface area contributed by atoms with E-state index < -0.39 is 0 Å². The fraction of sp³-hybridized carbons (Fsp3) is 0.0455. The van der Waals surface area contributed by atoms with E-state index in [9.17, 15) is 0 Å². The molecule has 5 N–H and O–H groups in total. The first kappa shape index (κ1) is 17.5. The third kappa shape index (κ3) is 3.61. The first-order chi connectivity index (χ1) is 13.6. The van der Waals surface area contributed by atoms with Crippen LogP contribution in [0.4, 0.5) is 11.4 Å². The Morgan fingerprint density at radius 3 is 1.61 bits per heavy atom. The first-order valence-electron chi connectivity index (χ1n) is 8.81. The Balaban J connectivity index is 1.56. The van der Waals surface area contributed by atoms with Crippen molar-refractivity contribution < 1.29 is 8.83 Å². The molecule has 0 bridgehead atoms. The van der Waals surface area contributed by atoms with Crippen molar-refractivity contribution in [3.05, 3.63) is 72.8 Å². The standard InChI is InChI=1S/C22H20N4O2/c1-25-16-6-2-14(3-7-16)18-10-12-20(27-18)21-13-11-19(28-21)15-4-8-17(9-5-15)26-22(23)24/h2-13,25H,1H3,(H4,23,24,26). The predicted molar refractivity (Wildman–Crippen MR) is 112 cm³/mol. The molecule has 6 heteroatoms. The van der Waals surface area contributed by atoms with Crippen LogP contribution in [0.15, 0.2) is 86.6 Å². The van der Waals surface area contributed by atoms with Crippen LogP contribution in [0.3, 0.4) is 0 Å². The molecule has 28 heavy (non-hydrogen) atoms. The van der Waals surface area contributed by atoms with Crippen LogP contribution < -0.4 is 16.8 Å². The average Bonchev–Trinajstić information content (AvgIpc) is 3.38. The van der Waals surface area contributed by atoms with Crippen molar-refractivity contribution >= 4 is 17.3 Å². The molecule has 0 radical (unpaired) electrons. The molecule has 0 aliphatic carbocycles. The largest absolute Gasteiger partial charge is 0.453 e. The van der Waals surface area contributed by atoms with E-state index in [4.69, 9.17) is 20.3 Å². The number of rotatable bonds is 5. The lowest BCUT2D eigenvalue weighted by molar-refractivity contribution is 0.539. The highest BCUT2D eigenvalue weighted by atomic mass is 16.4. The Morgan fingerprint density at radius 2 is 1.14 bits per heavy atom. The van der Waals surface area contributed by atoms with Gasteiger partial charge in [0.1, 0.15) is 11.5 Å². The maximum Gasteiger partial charge on any atom is 0.191 e. The molecule has 2 aromatic heterocycles. The maximum absolute atomic E-state index is 5.98. The number of nitrogens with zero attached hydrogens (tertiary/aromatic N) is 1. The summed E-state index contributed by atoms with van der Waals surface area (Å²) in [6, 6.07) is 23.2. The molecule has 0 aliphatic rings. The molecule has 0 spiro atoms. The Hall–Kier alpha value is -3.93. The van der Waals surface area contributed by atoms with E-state index in [-0.39, 0.29) is 5.96 Å². The molecule has 0 aliphatic heterocycles. The Labute approximate surface area is 162 Å². The fourth-order valence-corrected chi connectivity index (χ4v) is 2.90. The second-order valence-electron chi connectivity index (χ2n) is 6.24. The molecule has 6 nitrogen and oxygen atoms in total. The molecule has 4 rings (SSSR count). The molecule has 0 fully saturated rings. The van der Waals surface area contributed by atoms with Crippen molar-refractivity contribution in [2.24, 2.45) is 16.5 Å². The van der Waals surface area contributed by atoms with Gasteiger partial charge in [-0.15, -0.1) is 0 Å². The molecule has 140 valence electrons. The van der Waals surface area contributed by atoms with E-state index in [0.717, 1.165) is 28.3 Å². The Bertz CT molecular complexity index is 1100. The van der Waals surface area contributed by atoms with Gasteiger partial charge in [0.05, 0.1) is 5.69 Å². The number of nitrogens with one attached hydrogen (secondary N) is 1. The number of anilines is 1. The van der Waals surface area contributed by atoms with E-state index >= 15 is 0 Å². The van der Waals surface area contributed by atoms with Gasteiger partial charge >= 0.3 is 0 Å². The van der Waals surface area contributed by atoms with Crippen molar-refractivity contribution in [2.45, 2.75) is 0 Å². The minimum absolute atomic E-state index is 0.0299. The zero-order valence-corrected chi connectivity index (χ0v) is 15.3. The van der Waals surface area contributed by atoms with Gasteiger partial charge in [-0.05, 0) is 72.8 Å². The minimum Gasteiger partial charge on any atom is -0.453 e. The predicted octanol–water partition coefficient (Wildman–Crippen LogP) is 4.82. The smallest absolute Gasteiger partial charge is 0.191 e.